The van der Waals surface area contributed by atoms with Crippen LogP contribution in [0.25, 0.3) is 11.1 Å². The van der Waals surface area contributed by atoms with Crippen LogP contribution in [0.4, 0.5) is 13.6 Å². The van der Waals surface area contributed by atoms with Crippen molar-refractivity contribution in [1.82, 2.24) is 15.2 Å². The first-order valence-corrected chi connectivity index (χ1v) is 14.2. The number of amides is 2. The van der Waals surface area contributed by atoms with Crippen LogP contribution in [0, 0.1) is 24.2 Å². The summed E-state index contributed by atoms with van der Waals surface area (Å²) < 4.78 is 53.3. The number of nitriles is 1. The Morgan fingerprint density at radius 2 is 1.87 bits per heavy atom. The van der Waals surface area contributed by atoms with E-state index in [4.69, 9.17) is 10.4 Å². The molecule has 0 spiro atoms. The molecule has 2 amide bonds. The number of nitrogens with zero attached hydrogens (tertiary/aromatic N) is 3. The number of hydrogen-bond acceptors (Lipinski definition) is 6. The fourth-order valence-electron chi connectivity index (χ4n) is 4.99. The Morgan fingerprint density at radius 3 is 2.44 bits per heavy atom. The van der Waals surface area contributed by atoms with E-state index in [1.165, 1.54) is 4.90 Å². The lowest BCUT2D eigenvalue weighted by atomic mass is 10.1. The van der Waals surface area contributed by atoms with Crippen LogP contribution < -0.4 is 5.32 Å². The lowest BCUT2D eigenvalue weighted by molar-refractivity contribution is -0.135. The number of pyridine rings is 1. The largest absolute Gasteiger partial charge is 0.465 e. The number of aryl methyl sites for hydroxylation is 1. The molecule has 0 unspecified atom stereocenters. The van der Waals surface area contributed by atoms with Crippen molar-refractivity contribution in [3.63, 3.8) is 0 Å². The van der Waals surface area contributed by atoms with Gasteiger partial charge in [0.1, 0.15) is 5.54 Å². The maximum absolute atomic E-state index is 13.4. The Hall–Kier alpha value is -3.59. The normalized spacial score (nSPS) is 22.8. The average molecular weight is 561 g/mol. The van der Waals surface area contributed by atoms with Gasteiger partial charge in [-0.05, 0) is 74.4 Å². The second-order valence-corrected chi connectivity index (χ2v) is 12.6. The van der Waals surface area contributed by atoms with Crippen molar-refractivity contribution in [3.05, 3.63) is 48.3 Å². The Morgan fingerprint density at radius 1 is 1.15 bits per heavy atom. The van der Waals surface area contributed by atoms with Crippen molar-refractivity contribution in [2.24, 2.45) is 5.92 Å². The van der Waals surface area contributed by atoms with E-state index < -0.39 is 45.1 Å². The first kappa shape index (κ1) is 28.4. The molecule has 3 aliphatic rings. The summed E-state index contributed by atoms with van der Waals surface area (Å²) in [5, 5.41) is 17.9. The predicted molar refractivity (Wildman–Crippen MR) is 138 cm³/mol. The van der Waals surface area contributed by atoms with Crippen molar-refractivity contribution in [2.75, 3.05) is 13.1 Å². The summed E-state index contributed by atoms with van der Waals surface area (Å²) in [6, 6.07) is 12.4. The number of sulfone groups is 1. The molecule has 2 atom stereocenters. The molecule has 3 fully saturated rings. The molecule has 1 aliphatic heterocycles. The highest BCUT2D eigenvalue weighted by Gasteiger charge is 2.45. The molecule has 2 aromatic rings. The smallest absolute Gasteiger partial charge is 0.405 e. The molecule has 39 heavy (non-hydrogen) atoms. The predicted octanol–water partition coefficient (Wildman–Crippen LogP) is 4.18. The van der Waals surface area contributed by atoms with E-state index >= 15 is 0 Å². The van der Waals surface area contributed by atoms with E-state index in [0.29, 0.717) is 25.7 Å². The Bertz CT molecular complexity index is 1400. The molecule has 208 valence electrons. The number of alkyl halides is 2. The van der Waals surface area contributed by atoms with E-state index in [-0.39, 0.29) is 30.2 Å². The molecule has 2 aliphatic carbocycles. The van der Waals surface area contributed by atoms with Crippen LogP contribution in [0.5, 0.6) is 0 Å². The third kappa shape index (κ3) is 6.71. The van der Waals surface area contributed by atoms with E-state index in [1.54, 1.807) is 24.4 Å². The molecule has 0 radical (unpaired) electrons. The number of hydrogen-bond donors (Lipinski definition) is 2. The number of benzene rings is 1. The Kier molecular flexibility index (Phi) is 7.93. The zero-order valence-electron chi connectivity index (χ0n) is 21.4. The van der Waals surface area contributed by atoms with Crippen LogP contribution in [0.3, 0.4) is 0 Å². The molecule has 2 saturated carbocycles. The van der Waals surface area contributed by atoms with Gasteiger partial charge >= 0.3 is 6.09 Å². The van der Waals surface area contributed by atoms with Crippen LogP contribution in [0.15, 0.2) is 47.5 Å². The van der Waals surface area contributed by atoms with Crippen molar-refractivity contribution in [2.45, 2.75) is 67.1 Å². The van der Waals surface area contributed by atoms with E-state index in [9.17, 15) is 26.8 Å². The van der Waals surface area contributed by atoms with Crippen LogP contribution in [0.2, 0.25) is 0 Å². The SMILES string of the molecule is Cc1cc(-c2cccc(S(=O)(=O)[C@@H]3CC[C@@H](C(=O)N4CCC(F)(F)C4)C3)c2)ccn1.N#CC1(NC(=O)O)CC1. The third-order valence-electron chi connectivity index (χ3n) is 7.36. The molecular weight excluding hydrogens is 530 g/mol. The monoisotopic (exact) mass is 560 g/mol. The van der Waals surface area contributed by atoms with E-state index in [0.717, 1.165) is 16.8 Å². The van der Waals surface area contributed by atoms with Crippen LogP contribution >= 0.6 is 0 Å². The van der Waals surface area contributed by atoms with Gasteiger partial charge in [0.15, 0.2) is 9.84 Å². The van der Waals surface area contributed by atoms with Crippen LogP contribution in [-0.2, 0) is 14.6 Å². The van der Waals surface area contributed by atoms with Crippen molar-refractivity contribution in [1.29, 1.82) is 5.26 Å². The highest BCUT2D eigenvalue weighted by atomic mass is 32.2. The topological polar surface area (TPSA) is 140 Å². The zero-order chi connectivity index (χ0) is 28.4. The number of nitrogens with one attached hydrogen (secondary N) is 1. The minimum atomic E-state index is -3.63. The molecule has 2 heterocycles. The van der Waals surface area contributed by atoms with Gasteiger partial charge in [0.05, 0.1) is 22.8 Å². The maximum Gasteiger partial charge on any atom is 0.405 e. The summed E-state index contributed by atoms with van der Waals surface area (Å²) in [4.78, 5) is 28.1. The summed E-state index contributed by atoms with van der Waals surface area (Å²) in [5.41, 5.74) is 1.78. The van der Waals surface area contributed by atoms with Crippen molar-refractivity contribution in [3.8, 4) is 17.2 Å². The number of rotatable bonds is 5. The van der Waals surface area contributed by atoms with Gasteiger partial charge in [-0.25, -0.2) is 22.0 Å². The minimum Gasteiger partial charge on any atom is -0.465 e. The highest BCUT2D eigenvalue weighted by Crippen LogP contribution is 2.37. The van der Waals surface area contributed by atoms with Gasteiger partial charge in [0, 0.05) is 30.8 Å². The van der Waals surface area contributed by atoms with Gasteiger partial charge in [0.2, 0.25) is 5.91 Å². The molecule has 1 saturated heterocycles. The van der Waals surface area contributed by atoms with Crippen LogP contribution in [0.1, 0.15) is 44.2 Å². The zero-order valence-corrected chi connectivity index (χ0v) is 22.3. The van der Waals surface area contributed by atoms with Crippen LogP contribution in [-0.4, -0.2) is 65.2 Å². The second-order valence-electron chi connectivity index (χ2n) is 10.4. The number of carbonyl (C=O) groups is 2. The second kappa shape index (κ2) is 10.9. The third-order valence-corrected chi connectivity index (χ3v) is 9.57. The minimum absolute atomic E-state index is 0.0349. The molecule has 0 bridgehead atoms. The number of aromatic nitrogens is 1. The van der Waals surface area contributed by atoms with E-state index in [2.05, 4.69) is 10.3 Å². The fraction of sp³-hybridized carbons (Fsp3) is 0.481. The number of likely N-dealkylation sites (tertiary alicyclic amines) is 1. The number of carboxylic acid groups (broad SMARTS) is 1. The Labute approximate surface area is 225 Å². The molecule has 12 heteroatoms. The molecule has 1 aromatic carbocycles. The first-order chi connectivity index (χ1) is 18.3. The summed E-state index contributed by atoms with van der Waals surface area (Å²) in [6.45, 7) is 1.34. The quantitative estimate of drug-likeness (QED) is 0.559. The first-order valence-electron chi connectivity index (χ1n) is 12.7. The van der Waals surface area contributed by atoms with Gasteiger partial charge < -0.3 is 15.3 Å². The lowest BCUT2D eigenvalue weighted by Crippen LogP contribution is -2.35. The van der Waals surface area contributed by atoms with Gasteiger partial charge in [-0.2, -0.15) is 5.26 Å². The standard InChI is InChI=1S/C22H24F2N2O3S.C5H6N2O2/c1-15-11-17(7-9-25-15)16-3-2-4-19(12-16)30(28,29)20-6-5-18(13-20)21(27)26-10-8-22(23,24)14-26;6-3-5(1-2-5)7-4(8)9/h2-4,7,9,11-12,18,20H,5-6,8,10,13-14H2,1H3;7H,1-2H2,(H,8,9)/t18-,20-;/m1./s1. The van der Waals surface area contributed by atoms with Crippen molar-refractivity contribution >= 4 is 21.8 Å². The Balaban J connectivity index is 0.000000333. The molecule has 2 N–H and O–H groups in total. The molecular formula is C27H30F2N4O5S. The number of carbonyl (C=O) groups excluding carboxylic acids is 1. The van der Waals surface area contributed by atoms with Crippen molar-refractivity contribution < 1.29 is 31.9 Å². The van der Waals surface area contributed by atoms with Gasteiger partial charge in [-0.3, -0.25) is 9.78 Å². The van der Waals surface area contributed by atoms with E-state index in [1.807, 2.05) is 31.2 Å². The lowest BCUT2D eigenvalue weighted by Gasteiger charge is -2.20. The highest BCUT2D eigenvalue weighted by molar-refractivity contribution is 7.92. The summed E-state index contributed by atoms with van der Waals surface area (Å²) in [7, 11) is -3.63. The van der Waals surface area contributed by atoms with Gasteiger partial charge in [0.25, 0.3) is 5.92 Å². The molecule has 1 aromatic heterocycles. The van der Waals surface area contributed by atoms with Gasteiger partial charge in [-0.1, -0.05) is 12.1 Å². The number of halogens is 2. The van der Waals surface area contributed by atoms with Gasteiger partial charge in [-0.15, -0.1) is 0 Å². The summed E-state index contributed by atoms with van der Waals surface area (Å²) in [6.07, 6.45) is 2.49. The summed E-state index contributed by atoms with van der Waals surface area (Å²) >= 11 is 0. The average Bonchev–Trinajstić information content (AvgIpc) is 3.30. The fourth-order valence-corrected chi connectivity index (χ4v) is 6.87. The maximum atomic E-state index is 13.4. The summed E-state index contributed by atoms with van der Waals surface area (Å²) in [5.74, 6) is -3.69. The molecule has 5 rings (SSSR count). The molecule has 9 nitrogen and oxygen atoms in total.